The Balaban J connectivity index is 1.76. The summed E-state index contributed by atoms with van der Waals surface area (Å²) in [6.07, 6.45) is 4.19. The number of carbonyl (C=O) groups is 2. The Labute approximate surface area is 190 Å². The number of ether oxygens (including phenoxy) is 2. The van der Waals surface area contributed by atoms with Crippen LogP contribution in [0, 0.1) is 0 Å². The van der Waals surface area contributed by atoms with E-state index in [2.05, 4.69) is 18.1 Å². The predicted molar refractivity (Wildman–Crippen MR) is 124 cm³/mol. The number of hydrogen-bond acceptors (Lipinski definition) is 6. The molecule has 0 bridgehead atoms. The summed E-state index contributed by atoms with van der Waals surface area (Å²) in [5.41, 5.74) is 0.393. The van der Waals surface area contributed by atoms with Gasteiger partial charge in [0.25, 0.3) is 5.91 Å². The quantitative estimate of drug-likeness (QED) is 0.512. The van der Waals surface area contributed by atoms with E-state index < -0.39 is 5.54 Å². The van der Waals surface area contributed by atoms with Crippen molar-refractivity contribution in [3.63, 3.8) is 0 Å². The molecule has 172 valence electrons. The van der Waals surface area contributed by atoms with Gasteiger partial charge in [0.2, 0.25) is 0 Å². The summed E-state index contributed by atoms with van der Waals surface area (Å²) >= 11 is 1.84. The minimum absolute atomic E-state index is 0.0542. The maximum absolute atomic E-state index is 13.5. The summed E-state index contributed by atoms with van der Waals surface area (Å²) in [5, 5.41) is 0. The normalized spacial score (nSPS) is 20.0. The Bertz CT molecular complexity index is 750. The van der Waals surface area contributed by atoms with E-state index in [4.69, 9.17) is 9.47 Å². The Morgan fingerprint density at radius 3 is 2.35 bits per heavy atom. The fourth-order valence-electron chi connectivity index (χ4n) is 4.67. The second kappa shape index (κ2) is 10.7. The first-order chi connectivity index (χ1) is 15.0. The van der Waals surface area contributed by atoms with Crippen molar-refractivity contribution >= 4 is 23.7 Å². The van der Waals surface area contributed by atoms with Crippen molar-refractivity contribution in [1.82, 2.24) is 14.7 Å². The van der Waals surface area contributed by atoms with Crippen molar-refractivity contribution in [2.75, 3.05) is 59.0 Å². The molecule has 1 aromatic rings. The lowest BCUT2D eigenvalue weighted by Crippen LogP contribution is -2.58. The average Bonchev–Trinajstić information content (AvgIpc) is 2.97. The van der Waals surface area contributed by atoms with Gasteiger partial charge in [-0.2, -0.15) is 11.8 Å². The molecule has 1 spiro atoms. The Hall–Kier alpha value is -1.77. The largest absolute Gasteiger partial charge is 0.497 e. The SMILES string of the molecule is COCCN1C(=O)N(CCc2ccc(OC)cc2)C2(CCN(C(C)CSC)CC2)C1=O. The molecule has 0 aromatic heterocycles. The van der Waals surface area contributed by atoms with Crippen molar-refractivity contribution < 1.29 is 19.1 Å². The second-order valence-corrected chi connectivity index (χ2v) is 9.26. The van der Waals surface area contributed by atoms with E-state index in [9.17, 15) is 9.59 Å². The standard InChI is InChI=1S/C23H35N3O4S/c1-18(17-31-4)24-13-10-23(11-14-24)21(27)25(15-16-29-2)22(28)26(23)12-9-19-5-7-20(30-3)8-6-19/h5-8,18H,9-17H2,1-4H3. The lowest BCUT2D eigenvalue weighted by Gasteiger charge is -2.44. The topological polar surface area (TPSA) is 62.3 Å². The molecule has 7 nitrogen and oxygen atoms in total. The van der Waals surface area contributed by atoms with Gasteiger partial charge in [-0.1, -0.05) is 12.1 Å². The molecule has 8 heteroatoms. The first-order valence-electron chi connectivity index (χ1n) is 10.9. The van der Waals surface area contributed by atoms with Crippen LogP contribution in [0.4, 0.5) is 4.79 Å². The van der Waals surface area contributed by atoms with Gasteiger partial charge in [-0.15, -0.1) is 0 Å². The lowest BCUT2D eigenvalue weighted by molar-refractivity contribution is -0.136. The smallest absolute Gasteiger partial charge is 0.327 e. The number of amides is 3. The zero-order valence-corrected chi connectivity index (χ0v) is 20.0. The van der Waals surface area contributed by atoms with Gasteiger partial charge < -0.3 is 14.4 Å². The van der Waals surface area contributed by atoms with Gasteiger partial charge in [0, 0.05) is 38.5 Å². The van der Waals surface area contributed by atoms with E-state index >= 15 is 0 Å². The van der Waals surface area contributed by atoms with Crippen LogP contribution in [-0.2, 0) is 16.0 Å². The fraction of sp³-hybridized carbons (Fsp3) is 0.652. The molecule has 1 atom stereocenters. The third kappa shape index (κ3) is 5.02. The van der Waals surface area contributed by atoms with Gasteiger partial charge >= 0.3 is 6.03 Å². The molecule has 2 aliphatic rings. The van der Waals surface area contributed by atoms with Gasteiger partial charge in [-0.25, -0.2) is 4.79 Å². The highest BCUT2D eigenvalue weighted by Crippen LogP contribution is 2.38. The number of hydrogen-bond donors (Lipinski definition) is 0. The molecule has 0 N–H and O–H groups in total. The molecule has 3 amide bonds. The van der Waals surface area contributed by atoms with Crippen LogP contribution in [0.3, 0.4) is 0 Å². The van der Waals surface area contributed by atoms with Crippen molar-refractivity contribution in [2.24, 2.45) is 0 Å². The summed E-state index contributed by atoms with van der Waals surface area (Å²) in [4.78, 5) is 32.4. The van der Waals surface area contributed by atoms with E-state index in [0.717, 1.165) is 30.2 Å². The van der Waals surface area contributed by atoms with Gasteiger partial charge in [0.1, 0.15) is 11.3 Å². The average molecular weight is 450 g/mol. The van der Waals surface area contributed by atoms with Crippen molar-refractivity contribution in [3.8, 4) is 5.75 Å². The monoisotopic (exact) mass is 449 g/mol. The van der Waals surface area contributed by atoms with E-state index in [1.54, 1.807) is 14.2 Å². The summed E-state index contributed by atoms with van der Waals surface area (Å²) in [7, 11) is 3.24. The number of carbonyl (C=O) groups excluding carboxylic acids is 2. The summed E-state index contributed by atoms with van der Waals surface area (Å²) in [6, 6.07) is 8.18. The first-order valence-corrected chi connectivity index (χ1v) is 12.3. The Kier molecular flexibility index (Phi) is 8.24. The number of benzene rings is 1. The maximum atomic E-state index is 13.5. The van der Waals surface area contributed by atoms with Crippen LogP contribution < -0.4 is 4.74 Å². The Morgan fingerprint density at radius 2 is 1.77 bits per heavy atom. The molecule has 0 saturated carbocycles. The van der Waals surface area contributed by atoms with Crippen LogP contribution in [0.2, 0.25) is 0 Å². The number of nitrogens with zero attached hydrogens (tertiary/aromatic N) is 3. The summed E-state index contributed by atoms with van der Waals surface area (Å²) in [6.45, 7) is 5.09. The van der Waals surface area contributed by atoms with Crippen LogP contribution in [0.5, 0.6) is 5.75 Å². The molecular weight excluding hydrogens is 414 g/mol. The van der Waals surface area contributed by atoms with Gasteiger partial charge in [0.05, 0.1) is 20.3 Å². The predicted octanol–water partition coefficient (Wildman–Crippen LogP) is 2.73. The lowest BCUT2D eigenvalue weighted by atomic mass is 9.85. The van der Waals surface area contributed by atoms with E-state index in [1.807, 2.05) is 40.9 Å². The van der Waals surface area contributed by atoms with Crippen LogP contribution in [0.15, 0.2) is 24.3 Å². The molecule has 1 aromatic carbocycles. The van der Waals surface area contributed by atoms with Crippen molar-refractivity contribution in [3.05, 3.63) is 29.8 Å². The second-order valence-electron chi connectivity index (χ2n) is 8.35. The number of rotatable bonds is 10. The number of imide groups is 1. The molecule has 2 fully saturated rings. The van der Waals surface area contributed by atoms with Gasteiger partial charge in [-0.05, 0) is 50.1 Å². The molecule has 2 saturated heterocycles. The summed E-state index contributed by atoms with van der Waals surface area (Å²) < 4.78 is 10.4. The molecule has 1 unspecified atom stereocenters. The van der Waals surface area contributed by atoms with E-state index in [-0.39, 0.29) is 11.9 Å². The van der Waals surface area contributed by atoms with Gasteiger partial charge in [0.15, 0.2) is 0 Å². The third-order valence-corrected chi connectivity index (χ3v) is 7.40. The highest BCUT2D eigenvalue weighted by molar-refractivity contribution is 7.98. The van der Waals surface area contributed by atoms with Crippen molar-refractivity contribution in [1.29, 1.82) is 0 Å². The number of piperidine rings is 1. The minimum Gasteiger partial charge on any atom is -0.497 e. The number of likely N-dealkylation sites (tertiary alicyclic amines) is 1. The van der Waals surface area contributed by atoms with Crippen LogP contribution >= 0.6 is 11.8 Å². The highest BCUT2D eigenvalue weighted by atomic mass is 32.2. The number of methoxy groups -OCH3 is 2. The molecule has 0 radical (unpaired) electrons. The summed E-state index contributed by atoms with van der Waals surface area (Å²) in [5.74, 6) is 1.83. The van der Waals surface area contributed by atoms with Crippen LogP contribution in [-0.4, -0.2) is 97.2 Å². The van der Waals surface area contributed by atoms with Crippen molar-refractivity contribution in [2.45, 2.75) is 37.8 Å². The highest BCUT2D eigenvalue weighted by Gasteiger charge is 2.57. The minimum atomic E-state index is -0.729. The molecule has 3 rings (SSSR count). The Morgan fingerprint density at radius 1 is 1.10 bits per heavy atom. The molecular formula is C23H35N3O4S. The van der Waals surface area contributed by atoms with Gasteiger partial charge in [-0.3, -0.25) is 14.6 Å². The zero-order chi connectivity index (χ0) is 22.4. The third-order valence-electron chi connectivity index (χ3n) is 6.58. The zero-order valence-electron chi connectivity index (χ0n) is 19.1. The molecule has 0 aliphatic carbocycles. The van der Waals surface area contributed by atoms with Crippen LogP contribution in [0.1, 0.15) is 25.3 Å². The molecule has 2 heterocycles. The fourth-order valence-corrected chi connectivity index (χ4v) is 5.36. The van der Waals surface area contributed by atoms with Crippen LogP contribution in [0.25, 0.3) is 0 Å². The molecule has 2 aliphatic heterocycles. The molecule has 31 heavy (non-hydrogen) atoms. The first kappa shape index (κ1) is 23.9. The maximum Gasteiger partial charge on any atom is 0.327 e. The number of urea groups is 1. The van der Waals surface area contributed by atoms with E-state index in [0.29, 0.717) is 45.0 Å². The van der Waals surface area contributed by atoms with E-state index in [1.165, 1.54) is 4.90 Å². The number of thioether (sulfide) groups is 1.